The predicted molar refractivity (Wildman–Crippen MR) is 82.1 cm³/mol. The van der Waals surface area contributed by atoms with Crippen LogP contribution in [0.2, 0.25) is 0 Å². The van der Waals surface area contributed by atoms with E-state index in [1.165, 1.54) is 11.1 Å². The van der Waals surface area contributed by atoms with Gasteiger partial charge in [0.2, 0.25) is 10.0 Å². The molecule has 2 rings (SSSR count). The highest BCUT2D eigenvalue weighted by atomic mass is 32.2. The van der Waals surface area contributed by atoms with E-state index in [2.05, 4.69) is 33.9 Å². The molecule has 0 radical (unpaired) electrons. The van der Waals surface area contributed by atoms with Crippen LogP contribution in [0.4, 0.5) is 0 Å². The molecule has 1 N–H and O–H groups in total. The third-order valence-corrected chi connectivity index (χ3v) is 5.20. The highest BCUT2D eigenvalue weighted by Crippen LogP contribution is 2.17. The van der Waals surface area contributed by atoms with Crippen molar-refractivity contribution in [2.24, 2.45) is 0 Å². The molecule has 4 nitrogen and oxygen atoms in total. The fraction of sp³-hybridized carbons (Fsp3) is 0.600. The second kappa shape index (κ2) is 7.20. The summed E-state index contributed by atoms with van der Waals surface area (Å²) in [5, 5.41) is 0. The van der Waals surface area contributed by atoms with Crippen molar-refractivity contribution in [3.8, 4) is 0 Å². The molecule has 0 atom stereocenters. The van der Waals surface area contributed by atoms with E-state index < -0.39 is 10.0 Å². The molecule has 0 fully saturated rings. The van der Waals surface area contributed by atoms with Gasteiger partial charge in [-0.15, -0.1) is 0 Å². The lowest BCUT2D eigenvalue weighted by molar-refractivity contribution is 0.258. The molecule has 0 unspecified atom stereocenters. The van der Waals surface area contributed by atoms with Gasteiger partial charge in [-0.1, -0.05) is 37.6 Å². The van der Waals surface area contributed by atoms with Crippen LogP contribution in [0.1, 0.15) is 30.9 Å². The van der Waals surface area contributed by atoms with Gasteiger partial charge in [-0.05, 0) is 24.0 Å². The summed E-state index contributed by atoms with van der Waals surface area (Å²) in [6.45, 7) is 5.22. The standard InChI is InChI=1S/C15H24N2O2S/c1-2-3-12-20(18,19)16-9-11-17-10-8-14-6-4-5-7-15(14)13-17/h4-7,16H,2-3,8-13H2,1H3. The number of hydrogen-bond donors (Lipinski definition) is 1. The van der Waals surface area contributed by atoms with Crippen molar-refractivity contribution in [3.05, 3.63) is 35.4 Å². The van der Waals surface area contributed by atoms with E-state index in [0.29, 0.717) is 6.54 Å². The van der Waals surface area contributed by atoms with Gasteiger partial charge >= 0.3 is 0 Å². The molecule has 20 heavy (non-hydrogen) atoms. The molecular weight excluding hydrogens is 272 g/mol. The van der Waals surface area contributed by atoms with Crippen molar-refractivity contribution < 1.29 is 8.42 Å². The summed E-state index contributed by atoms with van der Waals surface area (Å²) in [6, 6.07) is 8.49. The van der Waals surface area contributed by atoms with Gasteiger partial charge in [0.1, 0.15) is 0 Å². The zero-order chi connectivity index (χ0) is 14.4. The number of nitrogens with one attached hydrogen (secondary N) is 1. The minimum Gasteiger partial charge on any atom is -0.297 e. The van der Waals surface area contributed by atoms with Crippen LogP contribution in [0.5, 0.6) is 0 Å². The number of unbranched alkanes of at least 4 members (excludes halogenated alkanes) is 1. The maximum Gasteiger partial charge on any atom is 0.211 e. The summed E-state index contributed by atoms with van der Waals surface area (Å²) in [4.78, 5) is 2.31. The fourth-order valence-corrected chi connectivity index (χ4v) is 3.73. The van der Waals surface area contributed by atoms with Gasteiger partial charge in [0.05, 0.1) is 5.75 Å². The third kappa shape index (κ3) is 4.58. The third-order valence-electron chi connectivity index (χ3n) is 3.73. The minimum absolute atomic E-state index is 0.242. The average molecular weight is 296 g/mol. The highest BCUT2D eigenvalue weighted by molar-refractivity contribution is 7.89. The number of fused-ring (bicyclic) bond motifs is 1. The van der Waals surface area contributed by atoms with Gasteiger partial charge in [-0.3, -0.25) is 4.90 Å². The topological polar surface area (TPSA) is 49.4 Å². The van der Waals surface area contributed by atoms with E-state index in [9.17, 15) is 8.42 Å². The Bertz CT molecular complexity index is 528. The normalized spacial score (nSPS) is 16.1. The Morgan fingerprint density at radius 1 is 1.25 bits per heavy atom. The summed E-state index contributed by atoms with van der Waals surface area (Å²) < 4.78 is 26.1. The van der Waals surface area contributed by atoms with Gasteiger partial charge < -0.3 is 0 Å². The van der Waals surface area contributed by atoms with Crippen LogP contribution in [0.25, 0.3) is 0 Å². The van der Waals surface area contributed by atoms with E-state index >= 15 is 0 Å². The Morgan fingerprint density at radius 2 is 2.00 bits per heavy atom. The van der Waals surface area contributed by atoms with Crippen molar-refractivity contribution in [1.82, 2.24) is 9.62 Å². The molecule has 1 heterocycles. The predicted octanol–water partition coefficient (Wildman–Crippen LogP) is 1.76. The smallest absolute Gasteiger partial charge is 0.211 e. The number of rotatable bonds is 7. The molecule has 1 aliphatic rings. The van der Waals surface area contributed by atoms with E-state index in [0.717, 1.165) is 38.9 Å². The second-order valence-electron chi connectivity index (χ2n) is 5.36. The molecule has 0 aliphatic carbocycles. The van der Waals surface area contributed by atoms with Crippen molar-refractivity contribution in [3.63, 3.8) is 0 Å². The molecule has 0 spiro atoms. The van der Waals surface area contributed by atoms with Crippen molar-refractivity contribution in [2.75, 3.05) is 25.4 Å². The molecular formula is C15H24N2O2S. The SMILES string of the molecule is CCCCS(=O)(=O)NCCN1CCc2ccccc2C1. The van der Waals surface area contributed by atoms with Gasteiger partial charge in [0.25, 0.3) is 0 Å². The fourth-order valence-electron chi connectivity index (χ4n) is 2.51. The molecule has 0 amide bonds. The van der Waals surface area contributed by atoms with Gasteiger partial charge in [0, 0.05) is 26.2 Å². The number of nitrogens with zero attached hydrogens (tertiary/aromatic N) is 1. The zero-order valence-electron chi connectivity index (χ0n) is 12.1. The maximum absolute atomic E-state index is 11.7. The van der Waals surface area contributed by atoms with Crippen LogP contribution in [-0.2, 0) is 23.0 Å². The van der Waals surface area contributed by atoms with E-state index in [4.69, 9.17) is 0 Å². The Morgan fingerprint density at radius 3 is 2.75 bits per heavy atom. The van der Waals surface area contributed by atoms with Crippen molar-refractivity contribution in [1.29, 1.82) is 0 Å². The summed E-state index contributed by atoms with van der Waals surface area (Å²) in [5.74, 6) is 0.242. The lowest BCUT2D eigenvalue weighted by Gasteiger charge is -2.28. The first-order valence-corrected chi connectivity index (χ1v) is 9.02. The molecule has 5 heteroatoms. The monoisotopic (exact) mass is 296 g/mol. The molecule has 0 saturated heterocycles. The molecule has 112 valence electrons. The molecule has 0 saturated carbocycles. The first kappa shape index (κ1) is 15.5. The number of sulfonamides is 1. The Kier molecular flexibility index (Phi) is 5.57. The summed E-state index contributed by atoms with van der Waals surface area (Å²) in [6.07, 6.45) is 2.69. The first-order chi connectivity index (χ1) is 9.61. The summed E-state index contributed by atoms with van der Waals surface area (Å²) in [5.41, 5.74) is 2.79. The van der Waals surface area contributed by atoms with Crippen molar-refractivity contribution in [2.45, 2.75) is 32.7 Å². The Balaban J connectivity index is 1.76. The van der Waals surface area contributed by atoms with E-state index in [1.54, 1.807) is 0 Å². The van der Waals surface area contributed by atoms with Crippen LogP contribution in [0.3, 0.4) is 0 Å². The minimum atomic E-state index is -3.08. The summed E-state index contributed by atoms with van der Waals surface area (Å²) in [7, 11) is -3.08. The van der Waals surface area contributed by atoms with Gasteiger partial charge in [-0.25, -0.2) is 13.1 Å². The lowest BCUT2D eigenvalue weighted by atomic mass is 10.0. The largest absolute Gasteiger partial charge is 0.297 e. The second-order valence-corrected chi connectivity index (χ2v) is 7.29. The molecule has 1 aromatic carbocycles. The van der Waals surface area contributed by atoms with Crippen LogP contribution in [-0.4, -0.2) is 38.7 Å². The lowest BCUT2D eigenvalue weighted by Crippen LogP contribution is -2.38. The van der Waals surface area contributed by atoms with Crippen LogP contribution in [0.15, 0.2) is 24.3 Å². The Labute approximate surface area is 122 Å². The van der Waals surface area contributed by atoms with Crippen LogP contribution >= 0.6 is 0 Å². The van der Waals surface area contributed by atoms with Crippen LogP contribution in [0, 0.1) is 0 Å². The maximum atomic E-state index is 11.7. The molecule has 0 aromatic heterocycles. The molecule has 1 aromatic rings. The first-order valence-electron chi connectivity index (χ1n) is 7.37. The Hall–Kier alpha value is -0.910. The summed E-state index contributed by atoms with van der Waals surface area (Å²) >= 11 is 0. The quantitative estimate of drug-likeness (QED) is 0.834. The van der Waals surface area contributed by atoms with Gasteiger partial charge in [0.15, 0.2) is 0 Å². The van der Waals surface area contributed by atoms with E-state index in [-0.39, 0.29) is 5.75 Å². The number of hydrogen-bond acceptors (Lipinski definition) is 3. The van der Waals surface area contributed by atoms with E-state index in [1.807, 2.05) is 6.92 Å². The highest BCUT2D eigenvalue weighted by Gasteiger charge is 2.16. The molecule has 0 bridgehead atoms. The van der Waals surface area contributed by atoms with Gasteiger partial charge in [-0.2, -0.15) is 0 Å². The van der Waals surface area contributed by atoms with Crippen LogP contribution < -0.4 is 4.72 Å². The molecule has 1 aliphatic heterocycles. The number of benzene rings is 1. The zero-order valence-corrected chi connectivity index (χ0v) is 13.0. The average Bonchev–Trinajstić information content (AvgIpc) is 2.45. The van der Waals surface area contributed by atoms with Crippen molar-refractivity contribution >= 4 is 10.0 Å².